The molecule has 1 aliphatic heterocycles. The predicted molar refractivity (Wildman–Crippen MR) is 144 cm³/mol. The first-order chi connectivity index (χ1) is 18.1. The molecule has 0 fully saturated rings. The lowest BCUT2D eigenvalue weighted by Crippen LogP contribution is -2.25. The molecule has 5 aromatic rings. The summed E-state index contributed by atoms with van der Waals surface area (Å²) in [6, 6.07) is 17.6. The number of hydrogen-bond acceptors (Lipinski definition) is 4. The quantitative estimate of drug-likeness (QED) is 0.328. The number of fused-ring (bicyclic) bond motifs is 2. The van der Waals surface area contributed by atoms with E-state index in [1.54, 1.807) is 42.5 Å². The second-order valence-electron chi connectivity index (χ2n) is 9.65. The number of pyridine rings is 1. The first-order valence-electron chi connectivity index (χ1n) is 11.9. The van der Waals surface area contributed by atoms with Crippen LogP contribution in [0.15, 0.2) is 83.9 Å². The van der Waals surface area contributed by atoms with Crippen molar-refractivity contribution in [2.24, 2.45) is 7.05 Å². The number of aryl methyl sites for hydroxylation is 1. The van der Waals surface area contributed by atoms with Crippen LogP contribution in [-0.2, 0) is 22.6 Å². The summed E-state index contributed by atoms with van der Waals surface area (Å²) in [6.07, 6.45) is 4.64. The number of hydrogen-bond donors (Lipinski definition) is 1. The van der Waals surface area contributed by atoms with Gasteiger partial charge in [0.2, 0.25) is 0 Å². The van der Waals surface area contributed by atoms with Gasteiger partial charge in [-0.25, -0.2) is 17.2 Å². The van der Waals surface area contributed by atoms with Gasteiger partial charge in [-0.15, -0.1) is 0 Å². The molecule has 2 aromatic heterocycles. The summed E-state index contributed by atoms with van der Waals surface area (Å²) >= 11 is 0. The van der Waals surface area contributed by atoms with Crippen molar-refractivity contribution in [2.45, 2.75) is 11.8 Å². The van der Waals surface area contributed by atoms with Crippen LogP contribution in [0.5, 0.6) is 0 Å². The minimum Gasteiger partial charge on any atom is -0.356 e. The number of benzene rings is 3. The fourth-order valence-corrected chi connectivity index (χ4v) is 6.18. The lowest BCUT2D eigenvalue weighted by Gasteiger charge is -2.34. The molecule has 1 unspecified atom stereocenters. The van der Waals surface area contributed by atoms with Crippen LogP contribution in [0.4, 0.5) is 20.2 Å². The number of nitrogens with zero attached hydrogens (tertiary/aromatic N) is 2. The van der Waals surface area contributed by atoms with E-state index in [1.165, 1.54) is 23.0 Å². The summed E-state index contributed by atoms with van der Waals surface area (Å²) in [7, 11) is -1.69. The molecule has 0 amide bonds. The van der Waals surface area contributed by atoms with Crippen molar-refractivity contribution < 1.29 is 17.2 Å². The Morgan fingerprint density at radius 2 is 1.68 bits per heavy atom. The fraction of sp³-hybridized carbons (Fsp3) is 0.138. The van der Waals surface area contributed by atoms with E-state index in [4.69, 9.17) is 0 Å². The molecule has 38 heavy (non-hydrogen) atoms. The Kier molecular flexibility index (Phi) is 5.50. The highest BCUT2D eigenvalue weighted by atomic mass is 32.2. The van der Waals surface area contributed by atoms with Gasteiger partial charge in [-0.3, -0.25) is 4.79 Å². The maximum atomic E-state index is 15.5. The molecule has 0 bridgehead atoms. The van der Waals surface area contributed by atoms with Crippen molar-refractivity contribution in [3.63, 3.8) is 0 Å². The number of nitrogens with one attached hydrogen (secondary N) is 1. The summed E-state index contributed by atoms with van der Waals surface area (Å²) in [5, 5.41) is 0.671. The van der Waals surface area contributed by atoms with Crippen LogP contribution in [0.2, 0.25) is 0 Å². The van der Waals surface area contributed by atoms with Crippen LogP contribution >= 0.6 is 0 Å². The van der Waals surface area contributed by atoms with E-state index in [0.717, 1.165) is 17.2 Å². The second-order valence-corrected chi connectivity index (χ2v) is 11.8. The monoisotopic (exact) mass is 531 g/mol. The van der Waals surface area contributed by atoms with Gasteiger partial charge in [0.15, 0.2) is 9.84 Å². The molecule has 0 aliphatic carbocycles. The number of rotatable bonds is 4. The zero-order chi connectivity index (χ0) is 26.8. The highest BCUT2D eigenvalue weighted by Crippen LogP contribution is 2.50. The predicted octanol–water partition coefficient (Wildman–Crippen LogP) is 5.60. The fourth-order valence-electron chi connectivity index (χ4n) is 5.40. The zero-order valence-corrected chi connectivity index (χ0v) is 21.4. The van der Waals surface area contributed by atoms with Crippen LogP contribution in [0.3, 0.4) is 0 Å². The molecule has 1 aliphatic rings. The minimum atomic E-state index is -3.34. The maximum Gasteiger partial charge on any atom is 0.274 e. The maximum absolute atomic E-state index is 15.5. The van der Waals surface area contributed by atoms with Gasteiger partial charge in [0.1, 0.15) is 17.2 Å². The van der Waals surface area contributed by atoms with Crippen LogP contribution in [0.1, 0.15) is 22.7 Å². The van der Waals surface area contributed by atoms with E-state index in [0.29, 0.717) is 33.3 Å². The van der Waals surface area contributed by atoms with Crippen molar-refractivity contribution in [1.82, 2.24) is 9.55 Å². The lowest BCUT2D eigenvalue weighted by atomic mass is 9.95. The van der Waals surface area contributed by atoms with Crippen LogP contribution in [0, 0.1) is 11.6 Å². The summed E-state index contributed by atoms with van der Waals surface area (Å²) in [5.74, 6) is -1.62. The van der Waals surface area contributed by atoms with Gasteiger partial charge in [-0.2, -0.15) is 0 Å². The second kappa shape index (κ2) is 8.66. The number of halogens is 2. The van der Waals surface area contributed by atoms with Gasteiger partial charge < -0.3 is 14.5 Å². The standard InChI is InChI=1S/C29H23F2N3O3S/c1-33-15-22-20-12-17(16-38(2,36)37)8-10-24(20)34(25-11-9-19(30)13-23(25)31)28(18-6-4-3-5-7-18)21-14-32-27(26(21)22)29(33)35/h3-15,28,32H,16H2,1-2H3. The Morgan fingerprint density at radius 3 is 2.39 bits per heavy atom. The average Bonchev–Trinajstić information content (AvgIpc) is 3.26. The number of aromatic nitrogens is 2. The smallest absolute Gasteiger partial charge is 0.274 e. The summed E-state index contributed by atoms with van der Waals surface area (Å²) in [5.41, 5.74) is 4.37. The molecule has 6 rings (SSSR count). The van der Waals surface area contributed by atoms with Gasteiger partial charge >= 0.3 is 0 Å². The molecule has 3 aromatic carbocycles. The molecule has 1 atom stereocenters. The van der Waals surface area contributed by atoms with Crippen LogP contribution in [-0.4, -0.2) is 24.2 Å². The number of anilines is 2. The van der Waals surface area contributed by atoms with E-state index in [2.05, 4.69) is 4.98 Å². The van der Waals surface area contributed by atoms with Crippen molar-refractivity contribution in [3.05, 3.63) is 118 Å². The third-order valence-corrected chi connectivity index (χ3v) is 7.77. The molecule has 0 radical (unpaired) electrons. The highest BCUT2D eigenvalue weighted by Gasteiger charge is 2.35. The number of H-pyrrole nitrogens is 1. The van der Waals surface area contributed by atoms with Gasteiger partial charge in [0, 0.05) is 53.8 Å². The van der Waals surface area contributed by atoms with E-state index in [-0.39, 0.29) is 17.0 Å². The molecule has 192 valence electrons. The number of aromatic amines is 1. The molecular formula is C29H23F2N3O3S. The summed E-state index contributed by atoms with van der Waals surface area (Å²) in [4.78, 5) is 18.1. The van der Waals surface area contributed by atoms with Crippen molar-refractivity contribution in [2.75, 3.05) is 11.2 Å². The van der Waals surface area contributed by atoms with Gasteiger partial charge in [-0.1, -0.05) is 36.4 Å². The normalized spacial score (nSPS) is 14.9. The number of sulfone groups is 1. The molecule has 1 N–H and O–H groups in total. The Hall–Kier alpha value is -4.24. The first kappa shape index (κ1) is 24.1. The summed E-state index contributed by atoms with van der Waals surface area (Å²) in [6.45, 7) is 0. The third kappa shape index (κ3) is 3.90. The Bertz CT molecular complexity index is 1900. The molecule has 9 heteroatoms. The van der Waals surface area contributed by atoms with Crippen molar-refractivity contribution in [3.8, 4) is 11.1 Å². The van der Waals surface area contributed by atoms with Crippen molar-refractivity contribution >= 4 is 32.1 Å². The van der Waals surface area contributed by atoms with Gasteiger partial charge in [0.05, 0.1) is 23.2 Å². The highest BCUT2D eigenvalue weighted by molar-refractivity contribution is 7.89. The average molecular weight is 532 g/mol. The molecule has 3 heterocycles. The molecular weight excluding hydrogens is 508 g/mol. The van der Waals surface area contributed by atoms with E-state index >= 15 is 4.39 Å². The summed E-state index contributed by atoms with van der Waals surface area (Å²) < 4.78 is 55.2. The molecule has 0 saturated heterocycles. The first-order valence-corrected chi connectivity index (χ1v) is 14.0. The van der Waals surface area contributed by atoms with Crippen molar-refractivity contribution in [1.29, 1.82) is 0 Å². The van der Waals surface area contributed by atoms with Gasteiger partial charge in [-0.05, 0) is 35.4 Å². The van der Waals surface area contributed by atoms with Crippen LogP contribution in [0.25, 0.3) is 22.0 Å². The Morgan fingerprint density at radius 1 is 0.947 bits per heavy atom. The third-order valence-electron chi connectivity index (χ3n) is 6.91. The Labute approximate surface area is 217 Å². The van der Waals surface area contributed by atoms with E-state index in [1.807, 2.05) is 30.3 Å². The molecule has 0 spiro atoms. The zero-order valence-electron chi connectivity index (χ0n) is 20.6. The van der Waals surface area contributed by atoms with E-state index in [9.17, 15) is 17.6 Å². The molecule has 6 nitrogen and oxygen atoms in total. The Balaban J connectivity index is 1.77. The van der Waals surface area contributed by atoms with Crippen LogP contribution < -0.4 is 10.5 Å². The topological polar surface area (TPSA) is 75.2 Å². The lowest BCUT2D eigenvalue weighted by molar-refractivity contribution is 0.580. The minimum absolute atomic E-state index is 0.145. The molecule has 0 saturated carbocycles. The largest absolute Gasteiger partial charge is 0.356 e. The van der Waals surface area contributed by atoms with E-state index < -0.39 is 27.5 Å². The van der Waals surface area contributed by atoms with Gasteiger partial charge in [0.25, 0.3) is 5.56 Å². The SMILES string of the molecule is Cn1cc2c3c(c[nH]c3c1=O)C(c1ccccc1)N(c1ccc(F)cc1F)c1ccc(CS(C)(=O)=O)cc1-2.